The Morgan fingerprint density at radius 2 is 1.20 bits per heavy atom. The molecule has 2 heterocycles. The summed E-state index contributed by atoms with van der Waals surface area (Å²) in [4.78, 5) is 13.9. The first kappa shape index (κ1) is 20.1. The van der Waals surface area contributed by atoms with E-state index in [1.54, 1.807) is 0 Å². The second kappa shape index (κ2) is 8.31. The Balaban J connectivity index is 1.46. The molecule has 2 aromatic carbocycles. The van der Waals surface area contributed by atoms with Crippen LogP contribution in [0.3, 0.4) is 0 Å². The molecule has 0 N–H and O–H groups in total. The van der Waals surface area contributed by atoms with E-state index in [9.17, 15) is 0 Å². The summed E-state index contributed by atoms with van der Waals surface area (Å²) in [5, 5.41) is 2.37. The lowest BCUT2D eigenvalue weighted by molar-refractivity contribution is 0.345. The predicted molar refractivity (Wildman–Crippen MR) is 128 cm³/mol. The Hall–Kier alpha value is -3.14. The van der Waals surface area contributed by atoms with Crippen molar-refractivity contribution >= 4 is 33.2 Å². The van der Waals surface area contributed by atoms with Gasteiger partial charge in [-0.15, -0.1) is 0 Å². The lowest BCUT2D eigenvalue weighted by Gasteiger charge is -2.34. The summed E-state index contributed by atoms with van der Waals surface area (Å²) in [7, 11) is 4.33. The molecule has 4 nitrogen and oxygen atoms in total. The van der Waals surface area contributed by atoms with Crippen molar-refractivity contribution in [2.45, 2.75) is 20.3 Å². The minimum Gasteiger partial charge on any atom is -0.373 e. The summed E-state index contributed by atoms with van der Waals surface area (Å²) >= 11 is 0. The molecule has 0 fully saturated rings. The van der Waals surface area contributed by atoms with Crippen LogP contribution in [-0.4, -0.2) is 37.2 Å². The molecule has 0 bridgehead atoms. The van der Waals surface area contributed by atoms with Gasteiger partial charge < -0.3 is 9.80 Å². The number of hydrogen-bond donors (Lipinski definition) is 0. The van der Waals surface area contributed by atoms with E-state index in [-0.39, 0.29) is 5.41 Å². The normalized spacial score (nSPS) is 11.7. The van der Waals surface area contributed by atoms with Gasteiger partial charge in [-0.25, -0.2) is 0 Å². The fourth-order valence-corrected chi connectivity index (χ4v) is 4.19. The molecule has 0 aliphatic carbocycles. The minimum absolute atomic E-state index is 0.151. The van der Waals surface area contributed by atoms with Crippen molar-refractivity contribution in [1.82, 2.24) is 9.97 Å². The lowest BCUT2D eigenvalue weighted by Crippen LogP contribution is -2.34. The van der Waals surface area contributed by atoms with Crippen molar-refractivity contribution in [3.05, 3.63) is 73.1 Å². The van der Waals surface area contributed by atoms with Crippen LogP contribution in [0, 0.1) is 5.41 Å². The van der Waals surface area contributed by atoms with E-state index in [2.05, 4.69) is 96.2 Å². The second-order valence-electron chi connectivity index (χ2n) is 8.90. The first-order valence-corrected chi connectivity index (χ1v) is 10.5. The van der Waals surface area contributed by atoms with Gasteiger partial charge in [0, 0.05) is 50.4 Å². The molecular formula is C26H30N4. The molecule has 2 aromatic heterocycles. The van der Waals surface area contributed by atoms with Crippen molar-refractivity contribution < 1.29 is 0 Å². The Kier molecular flexibility index (Phi) is 5.58. The van der Waals surface area contributed by atoms with Gasteiger partial charge in [-0.1, -0.05) is 50.2 Å². The molecule has 0 spiro atoms. The van der Waals surface area contributed by atoms with E-state index >= 15 is 0 Å². The zero-order valence-electron chi connectivity index (χ0n) is 18.3. The summed E-state index contributed by atoms with van der Waals surface area (Å²) < 4.78 is 0. The smallest absolute Gasteiger partial charge is 0.0935 e. The highest BCUT2D eigenvalue weighted by Gasteiger charge is 2.22. The maximum Gasteiger partial charge on any atom is 0.0935 e. The molecule has 154 valence electrons. The highest BCUT2D eigenvalue weighted by Crippen LogP contribution is 2.30. The quantitative estimate of drug-likeness (QED) is 0.395. The monoisotopic (exact) mass is 398 g/mol. The van der Waals surface area contributed by atoms with Gasteiger partial charge in [0.1, 0.15) is 0 Å². The van der Waals surface area contributed by atoms with Crippen LogP contribution < -0.4 is 9.80 Å². The topological polar surface area (TPSA) is 32.3 Å². The van der Waals surface area contributed by atoms with E-state index < -0.39 is 0 Å². The lowest BCUT2D eigenvalue weighted by atomic mass is 9.88. The number of rotatable bonds is 7. The molecular weight excluding hydrogens is 368 g/mol. The molecule has 4 heteroatoms. The standard InChI is InChI=1S/C26H30N4/c1-26(2,19-30(4)23-14-6-10-21-12-8-17-28-25(21)23)15-18-29(3)22-13-5-9-20-11-7-16-27-24(20)22/h5-14,16-17H,15,18-19H2,1-4H3. The summed E-state index contributed by atoms with van der Waals surface area (Å²) in [6, 6.07) is 21.0. The van der Waals surface area contributed by atoms with E-state index in [0.29, 0.717) is 0 Å². The fraction of sp³-hybridized carbons (Fsp3) is 0.308. The van der Waals surface area contributed by atoms with E-state index in [4.69, 9.17) is 0 Å². The molecule has 0 unspecified atom stereocenters. The average Bonchev–Trinajstić information content (AvgIpc) is 2.76. The van der Waals surface area contributed by atoms with Crippen LogP contribution in [0.4, 0.5) is 11.4 Å². The molecule has 0 amide bonds. The van der Waals surface area contributed by atoms with Crippen LogP contribution in [-0.2, 0) is 0 Å². The zero-order chi connectivity index (χ0) is 21.1. The summed E-state index contributed by atoms with van der Waals surface area (Å²) in [6.07, 6.45) is 4.82. The molecule has 4 rings (SSSR count). The number of aromatic nitrogens is 2. The minimum atomic E-state index is 0.151. The van der Waals surface area contributed by atoms with Crippen LogP contribution in [0.25, 0.3) is 21.8 Å². The second-order valence-corrected chi connectivity index (χ2v) is 8.90. The van der Waals surface area contributed by atoms with Gasteiger partial charge in [0.25, 0.3) is 0 Å². The van der Waals surface area contributed by atoms with Crippen molar-refractivity contribution in [1.29, 1.82) is 0 Å². The van der Waals surface area contributed by atoms with Gasteiger partial charge >= 0.3 is 0 Å². The third kappa shape index (κ3) is 4.23. The SMILES string of the molecule is CN(CCC(C)(C)CN(C)c1cccc2cccnc12)c1cccc2cccnc12. The van der Waals surface area contributed by atoms with Crippen LogP contribution in [0.2, 0.25) is 0 Å². The Morgan fingerprint density at radius 3 is 1.77 bits per heavy atom. The highest BCUT2D eigenvalue weighted by atomic mass is 15.1. The van der Waals surface area contributed by atoms with E-state index in [1.165, 1.54) is 22.1 Å². The van der Waals surface area contributed by atoms with Gasteiger partial charge in [-0.05, 0) is 36.1 Å². The molecule has 0 saturated carbocycles. The molecule has 0 radical (unpaired) electrons. The summed E-state index contributed by atoms with van der Waals surface area (Å²) in [5.41, 5.74) is 4.66. The molecule has 4 aromatic rings. The van der Waals surface area contributed by atoms with Crippen LogP contribution >= 0.6 is 0 Å². The number of para-hydroxylation sites is 2. The van der Waals surface area contributed by atoms with Crippen molar-refractivity contribution in [2.75, 3.05) is 37.0 Å². The van der Waals surface area contributed by atoms with Gasteiger partial charge in [-0.3, -0.25) is 9.97 Å². The summed E-state index contributed by atoms with van der Waals surface area (Å²) in [6.45, 7) is 6.63. The molecule has 30 heavy (non-hydrogen) atoms. The van der Waals surface area contributed by atoms with Gasteiger partial charge in [0.05, 0.1) is 22.4 Å². The number of hydrogen-bond acceptors (Lipinski definition) is 4. The Bertz CT molecular complexity index is 1140. The predicted octanol–water partition coefficient (Wildman–Crippen LogP) is 5.77. The third-order valence-corrected chi connectivity index (χ3v) is 5.83. The number of fused-ring (bicyclic) bond motifs is 2. The van der Waals surface area contributed by atoms with Crippen LogP contribution in [0.5, 0.6) is 0 Å². The average molecular weight is 399 g/mol. The van der Waals surface area contributed by atoms with Crippen LogP contribution in [0.15, 0.2) is 73.1 Å². The zero-order valence-corrected chi connectivity index (χ0v) is 18.3. The molecule has 0 aliphatic heterocycles. The Morgan fingerprint density at radius 1 is 0.700 bits per heavy atom. The number of pyridine rings is 2. The van der Waals surface area contributed by atoms with Gasteiger partial charge in [0.2, 0.25) is 0 Å². The number of nitrogens with zero attached hydrogens (tertiary/aromatic N) is 4. The van der Waals surface area contributed by atoms with Crippen LogP contribution in [0.1, 0.15) is 20.3 Å². The first-order chi connectivity index (χ1) is 14.4. The largest absolute Gasteiger partial charge is 0.373 e. The molecule has 0 atom stereocenters. The van der Waals surface area contributed by atoms with Crippen molar-refractivity contribution in [3.63, 3.8) is 0 Å². The highest BCUT2D eigenvalue weighted by molar-refractivity contribution is 5.91. The molecule has 0 saturated heterocycles. The first-order valence-electron chi connectivity index (χ1n) is 10.5. The van der Waals surface area contributed by atoms with Crippen molar-refractivity contribution in [2.24, 2.45) is 5.41 Å². The van der Waals surface area contributed by atoms with Crippen molar-refractivity contribution in [3.8, 4) is 0 Å². The van der Waals surface area contributed by atoms with Gasteiger partial charge in [0.15, 0.2) is 0 Å². The fourth-order valence-electron chi connectivity index (χ4n) is 4.19. The van der Waals surface area contributed by atoms with E-state index in [0.717, 1.165) is 30.5 Å². The molecule has 0 aliphatic rings. The van der Waals surface area contributed by atoms with E-state index in [1.807, 2.05) is 24.5 Å². The Labute approximate surface area is 179 Å². The third-order valence-electron chi connectivity index (χ3n) is 5.83. The maximum atomic E-state index is 4.62. The van der Waals surface area contributed by atoms with Gasteiger partial charge in [-0.2, -0.15) is 0 Å². The summed E-state index contributed by atoms with van der Waals surface area (Å²) in [5.74, 6) is 0. The number of anilines is 2. The number of benzene rings is 2. The maximum absolute atomic E-state index is 4.62.